The predicted octanol–water partition coefficient (Wildman–Crippen LogP) is 5.09. The third kappa shape index (κ3) is 6.34. The van der Waals surface area contributed by atoms with Gasteiger partial charge in [-0.1, -0.05) is 13.0 Å². The molecule has 180 valence electrons. The number of nitrogens with zero attached hydrogens (tertiary/aromatic N) is 3. The Morgan fingerprint density at radius 3 is 2.61 bits per heavy atom. The van der Waals surface area contributed by atoms with Crippen molar-refractivity contribution in [2.45, 2.75) is 71.3 Å². The van der Waals surface area contributed by atoms with Gasteiger partial charge in [-0.2, -0.15) is 8.78 Å². The smallest absolute Gasteiger partial charge is 0.416 e. The van der Waals surface area contributed by atoms with E-state index in [0.29, 0.717) is 17.2 Å². The SMILES string of the molecule is C[C@H](Cc1nccc(N2C(=O)OC[C@@H]2[C@@H](C)OC(C)(C)C)n1)c1ccc(OC(F)F)cc1F. The summed E-state index contributed by atoms with van der Waals surface area (Å²) in [4.78, 5) is 22.6. The summed E-state index contributed by atoms with van der Waals surface area (Å²) < 4.78 is 54.6. The Kier molecular flexibility index (Phi) is 7.46. The van der Waals surface area contributed by atoms with Crippen molar-refractivity contribution < 1.29 is 32.2 Å². The van der Waals surface area contributed by atoms with Gasteiger partial charge >= 0.3 is 12.7 Å². The van der Waals surface area contributed by atoms with Crippen molar-refractivity contribution in [1.82, 2.24) is 9.97 Å². The molecule has 0 unspecified atom stereocenters. The summed E-state index contributed by atoms with van der Waals surface area (Å²) in [5.41, 5.74) is -0.0838. The van der Waals surface area contributed by atoms with E-state index in [4.69, 9.17) is 9.47 Å². The molecule has 2 heterocycles. The van der Waals surface area contributed by atoms with Crippen LogP contribution in [-0.2, 0) is 15.9 Å². The number of anilines is 1. The van der Waals surface area contributed by atoms with Gasteiger partial charge in [-0.15, -0.1) is 0 Å². The summed E-state index contributed by atoms with van der Waals surface area (Å²) in [5.74, 6) is -0.499. The highest BCUT2D eigenvalue weighted by Crippen LogP contribution is 2.29. The number of carbonyl (C=O) groups excluding carboxylic acids is 1. The van der Waals surface area contributed by atoms with E-state index >= 15 is 0 Å². The van der Waals surface area contributed by atoms with E-state index in [1.54, 1.807) is 13.0 Å². The topological polar surface area (TPSA) is 73.8 Å². The molecule has 0 bridgehead atoms. The number of hydrogen-bond acceptors (Lipinski definition) is 6. The van der Waals surface area contributed by atoms with Crippen molar-refractivity contribution in [2.24, 2.45) is 0 Å². The maximum Gasteiger partial charge on any atom is 0.416 e. The van der Waals surface area contributed by atoms with Gasteiger partial charge in [-0.05, 0) is 51.3 Å². The molecule has 1 aromatic carbocycles. The first kappa shape index (κ1) is 24.8. The number of benzene rings is 1. The Morgan fingerprint density at radius 2 is 1.97 bits per heavy atom. The fourth-order valence-electron chi connectivity index (χ4n) is 3.77. The zero-order valence-electron chi connectivity index (χ0n) is 19.2. The van der Waals surface area contributed by atoms with E-state index < -0.39 is 24.1 Å². The quantitative estimate of drug-likeness (QED) is 0.538. The molecule has 33 heavy (non-hydrogen) atoms. The van der Waals surface area contributed by atoms with Crippen molar-refractivity contribution in [3.63, 3.8) is 0 Å². The summed E-state index contributed by atoms with van der Waals surface area (Å²) in [5, 5.41) is 0. The summed E-state index contributed by atoms with van der Waals surface area (Å²) in [6.07, 6.45) is 0.958. The third-order valence-electron chi connectivity index (χ3n) is 5.14. The van der Waals surface area contributed by atoms with Crippen LogP contribution in [0.3, 0.4) is 0 Å². The molecule has 0 aliphatic carbocycles. The second-order valence-corrected chi connectivity index (χ2v) is 8.95. The molecule has 1 saturated heterocycles. The van der Waals surface area contributed by atoms with E-state index in [1.807, 2.05) is 27.7 Å². The number of amides is 1. The highest BCUT2D eigenvalue weighted by Gasteiger charge is 2.40. The highest BCUT2D eigenvalue weighted by molar-refractivity contribution is 5.89. The van der Waals surface area contributed by atoms with Crippen LogP contribution in [0.25, 0.3) is 0 Å². The monoisotopic (exact) mass is 467 g/mol. The molecule has 3 atom stereocenters. The van der Waals surface area contributed by atoms with Crippen LogP contribution < -0.4 is 9.64 Å². The highest BCUT2D eigenvalue weighted by atomic mass is 19.3. The van der Waals surface area contributed by atoms with E-state index in [1.165, 1.54) is 23.2 Å². The Morgan fingerprint density at radius 1 is 1.24 bits per heavy atom. The van der Waals surface area contributed by atoms with Crippen molar-refractivity contribution in [3.05, 3.63) is 47.7 Å². The second-order valence-electron chi connectivity index (χ2n) is 8.95. The second kappa shape index (κ2) is 9.94. The number of rotatable bonds is 8. The molecule has 3 rings (SSSR count). The summed E-state index contributed by atoms with van der Waals surface area (Å²) >= 11 is 0. The number of hydrogen-bond donors (Lipinski definition) is 0. The van der Waals surface area contributed by atoms with Gasteiger partial charge in [0.25, 0.3) is 0 Å². The predicted molar refractivity (Wildman–Crippen MR) is 115 cm³/mol. The van der Waals surface area contributed by atoms with Gasteiger partial charge in [0.15, 0.2) is 0 Å². The van der Waals surface area contributed by atoms with Crippen LogP contribution in [0, 0.1) is 5.82 Å². The third-order valence-corrected chi connectivity index (χ3v) is 5.14. The van der Waals surface area contributed by atoms with Gasteiger partial charge in [-0.25, -0.2) is 19.2 Å². The van der Waals surface area contributed by atoms with E-state index in [9.17, 15) is 18.0 Å². The van der Waals surface area contributed by atoms with Crippen LogP contribution in [0.1, 0.15) is 51.9 Å². The fraction of sp³-hybridized carbons (Fsp3) is 0.522. The van der Waals surface area contributed by atoms with Gasteiger partial charge in [0, 0.05) is 18.7 Å². The van der Waals surface area contributed by atoms with E-state index in [-0.39, 0.29) is 36.8 Å². The summed E-state index contributed by atoms with van der Waals surface area (Å²) in [7, 11) is 0. The van der Waals surface area contributed by atoms with Gasteiger partial charge in [0.1, 0.15) is 35.9 Å². The maximum absolute atomic E-state index is 14.5. The summed E-state index contributed by atoms with van der Waals surface area (Å²) in [6, 6.07) is 4.86. The Bertz CT molecular complexity index is 984. The van der Waals surface area contributed by atoms with Crippen LogP contribution in [0.2, 0.25) is 0 Å². The van der Waals surface area contributed by atoms with Crippen molar-refractivity contribution in [1.29, 1.82) is 0 Å². The molecule has 0 spiro atoms. The molecule has 1 aliphatic heterocycles. The molecule has 10 heteroatoms. The molecular formula is C23H28F3N3O4. The van der Waals surface area contributed by atoms with Crippen molar-refractivity contribution in [3.8, 4) is 5.75 Å². The average Bonchev–Trinajstić information content (AvgIpc) is 3.08. The zero-order valence-corrected chi connectivity index (χ0v) is 19.2. The number of carbonyl (C=O) groups is 1. The van der Waals surface area contributed by atoms with Gasteiger partial charge < -0.3 is 14.2 Å². The lowest BCUT2D eigenvalue weighted by Crippen LogP contribution is -2.45. The van der Waals surface area contributed by atoms with E-state index in [0.717, 1.165) is 6.07 Å². The lowest BCUT2D eigenvalue weighted by atomic mass is 9.96. The van der Waals surface area contributed by atoms with Crippen molar-refractivity contribution in [2.75, 3.05) is 11.5 Å². The molecule has 7 nitrogen and oxygen atoms in total. The molecule has 0 N–H and O–H groups in total. The zero-order chi connectivity index (χ0) is 24.3. The van der Waals surface area contributed by atoms with Crippen LogP contribution >= 0.6 is 0 Å². The van der Waals surface area contributed by atoms with Crippen molar-refractivity contribution >= 4 is 11.9 Å². The average molecular weight is 467 g/mol. The standard InChI is InChI=1S/C23H28F3N3O4/c1-13(16-7-6-15(11-17(16)24)32-21(25)26)10-19-27-9-8-20(28-19)29-18(12-31-22(29)30)14(2)33-23(3,4)5/h6-9,11,13-14,18,21H,10,12H2,1-5H3/t13-,14-,18-/m1/s1. The molecular weight excluding hydrogens is 439 g/mol. The first-order valence-electron chi connectivity index (χ1n) is 10.6. The lowest BCUT2D eigenvalue weighted by Gasteiger charge is -2.31. The van der Waals surface area contributed by atoms with Crippen LogP contribution in [0.4, 0.5) is 23.8 Å². The molecule has 1 fully saturated rings. The first-order chi connectivity index (χ1) is 15.4. The number of halogens is 3. The van der Waals surface area contributed by atoms with Gasteiger partial charge in [0.05, 0.1) is 11.7 Å². The number of aromatic nitrogens is 2. The minimum Gasteiger partial charge on any atom is -0.447 e. The molecule has 2 aromatic rings. The molecule has 0 radical (unpaired) electrons. The number of ether oxygens (including phenoxy) is 3. The van der Waals surface area contributed by atoms with Gasteiger partial charge in [0.2, 0.25) is 0 Å². The van der Waals surface area contributed by atoms with Crippen LogP contribution in [-0.4, -0.2) is 47.0 Å². The largest absolute Gasteiger partial charge is 0.447 e. The Hall–Kier alpha value is -2.88. The minimum atomic E-state index is -3.03. The molecule has 1 amide bonds. The Labute approximate surface area is 190 Å². The van der Waals surface area contributed by atoms with Crippen LogP contribution in [0.5, 0.6) is 5.75 Å². The normalized spacial score (nSPS) is 18.4. The number of alkyl halides is 2. The fourth-order valence-corrected chi connectivity index (χ4v) is 3.77. The van der Waals surface area contributed by atoms with E-state index in [2.05, 4.69) is 14.7 Å². The first-order valence-corrected chi connectivity index (χ1v) is 10.6. The Balaban J connectivity index is 1.77. The lowest BCUT2D eigenvalue weighted by molar-refractivity contribution is -0.0618. The molecule has 0 saturated carbocycles. The molecule has 1 aromatic heterocycles. The summed E-state index contributed by atoms with van der Waals surface area (Å²) in [6.45, 7) is 6.59. The maximum atomic E-state index is 14.5. The number of cyclic esters (lactones) is 1. The molecule has 1 aliphatic rings. The van der Waals surface area contributed by atoms with Gasteiger partial charge in [-0.3, -0.25) is 4.90 Å². The van der Waals surface area contributed by atoms with Crippen LogP contribution in [0.15, 0.2) is 30.5 Å². The minimum absolute atomic E-state index is 0.171.